The topological polar surface area (TPSA) is 83.5 Å². The number of halogens is 1. The monoisotopic (exact) mass is 416 g/mol. The number of nitrogens with zero attached hydrogens (tertiary/aromatic N) is 5. The van der Waals surface area contributed by atoms with Crippen LogP contribution in [0.4, 0.5) is 16.2 Å². The van der Waals surface area contributed by atoms with Crippen molar-refractivity contribution in [1.82, 2.24) is 19.9 Å². The van der Waals surface area contributed by atoms with Crippen molar-refractivity contribution in [1.29, 1.82) is 0 Å². The number of amides is 1. The van der Waals surface area contributed by atoms with Crippen LogP contribution in [0.3, 0.4) is 0 Å². The Morgan fingerprint density at radius 1 is 1.21 bits per heavy atom. The predicted octanol–water partition coefficient (Wildman–Crippen LogP) is 3.66. The highest BCUT2D eigenvalue weighted by Crippen LogP contribution is 2.28. The summed E-state index contributed by atoms with van der Waals surface area (Å²) in [5.74, 6) is 0. The van der Waals surface area contributed by atoms with E-state index >= 15 is 0 Å². The largest absolute Gasteiger partial charge is 0.444 e. The number of hydrogen-bond acceptors (Lipinski definition) is 7. The number of nitrogens with one attached hydrogen (secondary N) is 1. The molecule has 0 saturated carbocycles. The summed E-state index contributed by atoms with van der Waals surface area (Å²) in [6.07, 6.45) is 4.78. The van der Waals surface area contributed by atoms with E-state index in [1.165, 1.54) is 0 Å². The zero-order chi connectivity index (χ0) is 21.0. The molecule has 0 bridgehead atoms. The smallest absolute Gasteiger partial charge is 0.410 e. The van der Waals surface area contributed by atoms with Crippen LogP contribution in [0.2, 0.25) is 5.28 Å². The molecule has 2 aromatic rings. The standard InChI is InChI=1S/C20H25ClN6O2/c1-14(15-5-8-23-18(21)25-15)24-16-13-22-7-6-17(16)26-9-11-27(12-10-26)19(28)29-20(2,3)4/h5-8,13,24H,1,9-12H2,2-4H3. The number of aromatic nitrogens is 3. The minimum atomic E-state index is -0.499. The van der Waals surface area contributed by atoms with Crippen molar-refractivity contribution in [2.24, 2.45) is 0 Å². The van der Waals surface area contributed by atoms with Gasteiger partial charge in [-0.2, -0.15) is 0 Å². The van der Waals surface area contributed by atoms with Gasteiger partial charge in [0.25, 0.3) is 0 Å². The highest BCUT2D eigenvalue weighted by atomic mass is 35.5. The molecule has 0 radical (unpaired) electrons. The van der Waals surface area contributed by atoms with E-state index in [0.29, 0.717) is 37.6 Å². The van der Waals surface area contributed by atoms with Crippen LogP contribution in [0, 0.1) is 0 Å². The number of ether oxygens (including phenoxy) is 1. The van der Waals surface area contributed by atoms with Gasteiger partial charge in [0.05, 0.1) is 29.0 Å². The van der Waals surface area contributed by atoms with Gasteiger partial charge in [-0.05, 0) is 44.5 Å². The average Bonchev–Trinajstić information content (AvgIpc) is 2.67. The summed E-state index contributed by atoms with van der Waals surface area (Å²) in [6.45, 7) is 12.2. The van der Waals surface area contributed by atoms with E-state index in [-0.39, 0.29) is 11.4 Å². The van der Waals surface area contributed by atoms with E-state index in [2.05, 4.69) is 31.7 Å². The second kappa shape index (κ2) is 8.65. The second-order valence-corrected chi connectivity index (χ2v) is 8.00. The molecule has 1 aliphatic rings. The molecule has 154 valence electrons. The first kappa shape index (κ1) is 20.9. The first-order valence-corrected chi connectivity index (χ1v) is 9.72. The lowest BCUT2D eigenvalue weighted by molar-refractivity contribution is 0.0240. The Morgan fingerprint density at radius 2 is 1.93 bits per heavy atom. The fourth-order valence-corrected chi connectivity index (χ4v) is 3.09. The van der Waals surface area contributed by atoms with Crippen molar-refractivity contribution in [3.05, 3.63) is 48.3 Å². The van der Waals surface area contributed by atoms with E-state index in [4.69, 9.17) is 16.3 Å². The summed E-state index contributed by atoms with van der Waals surface area (Å²) < 4.78 is 5.46. The van der Waals surface area contributed by atoms with E-state index in [9.17, 15) is 4.79 Å². The summed E-state index contributed by atoms with van der Waals surface area (Å²) in [6, 6.07) is 3.67. The third kappa shape index (κ3) is 5.57. The zero-order valence-corrected chi connectivity index (χ0v) is 17.6. The maximum atomic E-state index is 12.3. The molecule has 0 aliphatic carbocycles. The van der Waals surface area contributed by atoms with Crippen molar-refractivity contribution in [2.75, 3.05) is 36.4 Å². The van der Waals surface area contributed by atoms with Crippen LogP contribution >= 0.6 is 11.6 Å². The summed E-state index contributed by atoms with van der Waals surface area (Å²) >= 11 is 5.87. The van der Waals surface area contributed by atoms with Gasteiger partial charge in [0, 0.05) is 38.6 Å². The Balaban J connectivity index is 1.67. The Bertz CT molecular complexity index is 891. The van der Waals surface area contributed by atoms with Crippen LogP contribution in [-0.2, 0) is 4.74 Å². The maximum absolute atomic E-state index is 12.3. The lowest BCUT2D eigenvalue weighted by atomic mass is 10.2. The van der Waals surface area contributed by atoms with Crippen LogP contribution in [0.1, 0.15) is 26.5 Å². The number of carbonyl (C=O) groups is 1. The molecule has 1 N–H and O–H groups in total. The van der Waals surface area contributed by atoms with Crippen LogP contribution < -0.4 is 10.2 Å². The minimum absolute atomic E-state index is 0.162. The Hall–Kier alpha value is -2.87. The van der Waals surface area contributed by atoms with Crippen LogP contribution in [-0.4, -0.2) is 57.7 Å². The molecule has 3 rings (SSSR count). The molecule has 0 atom stereocenters. The third-order valence-electron chi connectivity index (χ3n) is 4.29. The van der Waals surface area contributed by atoms with Crippen LogP contribution in [0.15, 0.2) is 37.3 Å². The van der Waals surface area contributed by atoms with E-state index in [1.807, 2.05) is 26.8 Å². The summed E-state index contributed by atoms with van der Waals surface area (Å²) in [4.78, 5) is 28.5. The molecule has 1 fully saturated rings. The molecule has 29 heavy (non-hydrogen) atoms. The predicted molar refractivity (Wildman–Crippen MR) is 114 cm³/mol. The molecule has 1 saturated heterocycles. The highest BCUT2D eigenvalue weighted by molar-refractivity contribution is 6.28. The Labute approximate surface area is 175 Å². The van der Waals surface area contributed by atoms with Crippen LogP contribution in [0.25, 0.3) is 5.70 Å². The summed E-state index contributed by atoms with van der Waals surface area (Å²) in [5, 5.41) is 3.43. The van der Waals surface area contributed by atoms with Crippen molar-refractivity contribution >= 4 is 34.8 Å². The number of rotatable bonds is 4. The molecular formula is C20H25ClN6O2. The second-order valence-electron chi connectivity index (χ2n) is 7.66. The number of hydrogen-bond donors (Lipinski definition) is 1. The van der Waals surface area contributed by atoms with Gasteiger partial charge in [0.1, 0.15) is 5.60 Å². The first-order chi connectivity index (χ1) is 13.7. The molecular weight excluding hydrogens is 392 g/mol. The molecule has 8 nitrogen and oxygen atoms in total. The maximum Gasteiger partial charge on any atom is 0.410 e. The van der Waals surface area contributed by atoms with Gasteiger partial charge < -0.3 is 19.9 Å². The lowest BCUT2D eigenvalue weighted by Crippen LogP contribution is -2.50. The van der Waals surface area contributed by atoms with Crippen molar-refractivity contribution in [3.8, 4) is 0 Å². The number of anilines is 2. The van der Waals surface area contributed by atoms with Gasteiger partial charge >= 0.3 is 6.09 Å². The van der Waals surface area contributed by atoms with Crippen molar-refractivity contribution in [2.45, 2.75) is 26.4 Å². The van der Waals surface area contributed by atoms with Gasteiger partial charge in [-0.25, -0.2) is 14.8 Å². The third-order valence-corrected chi connectivity index (χ3v) is 4.47. The van der Waals surface area contributed by atoms with Gasteiger partial charge in [-0.3, -0.25) is 4.98 Å². The van der Waals surface area contributed by atoms with E-state index in [0.717, 1.165) is 11.4 Å². The first-order valence-electron chi connectivity index (χ1n) is 9.35. The Kier molecular flexibility index (Phi) is 6.22. The van der Waals surface area contributed by atoms with Gasteiger partial charge in [0.2, 0.25) is 5.28 Å². The fraction of sp³-hybridized carbons (Fsp3) is 0.400. The molecule has 0 spiro atoms. The SMILES string of the molecule is C=C(Nc1cnccc1N1CCN(C(=O)OC(C)(C)C)CC1)c1ccnc(Cl)n1. The lowest BCUT2D eigenvalue weighted by Gasteiger charge is -2.37. The normalized spacial score (nSPS) is 14.5. The average molecular weight is 417 g/mol. The molecule has 9 heteroatoms. The van der Waals surface area contributed by atoms with Crippen molar-refractivity contribution < 1.29 is 9.53 Å². The van der Waals surface area contributed by atoms with E-state index in [1.54, 1.807) is 29.6 Å². The number of pyridine rings is 1. The molecule has 1 aliphatic heterocycles. The summed E-state index contributed by atoms with van der Waals surface area (Å²) in [7, 11) is 0. The molecule has 3 heterocycles. The summed E-state index contributed by atoms with van der Waals surface area (Å²) in [5.41, 5.74) is 2.48. The van der Waals surface area contributed by atoms with Crippen molar-refractivity contribution in [3.63, 3.8) is 0 Å². The Morgan fingerprint density at radius 3 is 2.59 bits per heavy atom. The number of carbonyl (C=O) groups excluding carboxylic acids is 1. The zero-order valence-electron chi connectivity index (χ0n) is 16.9. The van der Waals surface area contributed by atoms with Gasteiger partial charge in [0.15, 0.2) is 0 Å². The highest BCUT2D eigenvalue weighted by Gasteiger charge is 2.26. The quantitative estimate of drug-likeness (QED) is 0.761. The van der Waals surface area contributed by atoms with E-state index < -0.39 is 5.60 Å². The van der Waals surface area contributed by atoms with Gasteiger partial charge in [-0.15, -0.1) is 0 Å². The molecule has 0 aromatic carbocycles. The fourth-order valence-electron chi connectivity index (χ4n) is 2.95. The minimum Gasteiger partial charge on any atom is -0.444 e. The molecule has 0 unspecified atom stereocenters. The van der Waals surface area contributed by atoms with Gasteiger partial charge in [-0.1, -0.05) is 6.58 Å². The molecule has 1 amide bonds. The van der Waals surface area contributed by atoms with Crippen LogP contribution in [0.5, 0.6) is 0 Å². The molecule has 2 aromatic heterocycles. The number of piperazine rings is 1.